The highest BCUT2D eigenvalue weighted by molar-refractivity contribution is 7.89. The lowest BCUT2D eigenvalue weighted by molar-refractivity contribution is -0.138. The maximum absolute atomic E-state index is 12.8. The number of benzene rings is 3. The standard InChI is InChI=1S/C26H29N3O4S/c30-26(31)25(19-21-7-3-1-4-8-21)27-34(32,33)24-13-11-23(12-14-24)29-17-15-28(16-18-29)20-22-9-5-2-6-10-22/h1-14,25,27H,15-20H2,(H,30,31)/t25-/m0/s1. The first-order valence-corrected chi connectivity index (χ1v) is 12.8. The number of hydrogen-bond donors (Lipinski definition) is 2. The van der Waals surface area contributed by atoms with Crippen molar-refractivity contribution in [2.24, 2.45) is 0 Å². The molecule has 3 aromatic rings. The molecular weight excluding hydrogens is 450 g/mol. The van der Waals surface area contributed by atoms with Crippen LogP contribution in [0.5, 0.6) is 0 Å². The smallest absolute Gasteiger partial charge is 0.322 e. The number of nitrogens with one attached hydrogen (secondary N) is 1. The van der Waals surface area contributed by atoms with Crippen molar-refractivity contribution in [1.82, 2.24) is 9.62 Å². The zero-order valence-corrected chi connectivity index (χ0v) is 19.7. The van der Waals surface area contributed by atoms with E-state index in [2.05, 4.69) is 38.8 Å². The maximum atomic E-state index is 12.8. The quantitative estimate of drug-likeness (QED) is 0.491. The van der Waals surface area contributed by atoms with Gasteiger partial charge >= 0.3 is 5.97 Å². The van der Waals surface area contributed by atoms with E-state index in [1.165, 1.54) is 17.7 Å². The molecule has 7 nitrogen and oxygen atoms in total. The number of piperazine rings is 1. The molecule has 0 saturated carbocycles. The number of anilines is 1. The van der Waals surface area contributed by atoms with Crippen LogP contribution in [0.4, 0.5) is 5.69 Å². The minimum absolute atomic E-state index is 0.0540. The Morgan fingerprint density at radius 2 is 1.38 bits per heavy atom. The summed E-state index contributed by atoms with van der Waals surface area (Å²) in [5, 5.41) is 9.54. The molecule has 8 heteroatoms. The molecule has 0 amide bonds. The van der Waals surface area contributed by atoms with Crippen LogP contribution in [0.25, 0.3) is 0 Å². The fraction of sp³-hybridized carbons (Fsp3) is 0.269. The zero-order valence-electron chi connectivity index (χ0n) is 18.9. The Hall–Kier alpha value is -3.20. The van der Waals surface area contributed by atoms with Crippen molar-refractivity contribution in [3.8, 4) is 0 Å². The van der Waals surface area contributed by atoms with Crippen molar-refractivity contribution in [1.29, 1.82) is 0 Å². The van der Waals surface area contributed by atoms with Crippen molar-refractivity contribution in [2.75, 3.05) is 31.1 Å². The van der Waals surface area contributed by atoms with Crippen molar-refractivity contribution < 1.29 is 18.3 Å². The monoisotopic (exact) mass is 479 g/mol. The van der Waals surface area contributed by atoms with Gasteiger partial charge < -0.3 is 10.0 Å². The second kappa shape index (κ2) is 10.8. The molecule has 0 aromatic heterocycles. The topological polar surface area (TPSA) is 89.9 Å². The van der Waals surface area contributed by atoms with Crippen molar-refractivity contribution in [2.45, 2.75) is 23.9 Å². The predicted molar refractivity (Wildman–Crippen MR) is 132 cm³/mol. The molecule has 34 heavy (non-hydrogen) atoms. The molecular formula is C26H29N3O4S. The van der Waals surface area contributed by atoms with E-state index in [0.717, 1.165) is 44.0 Å². The Bertz CT molecular complexity index is 1180. The molecule has 1 heterocycles. The Morgan fingerprint density at radius 1 is 0.824 bits per heavy atom. The molecule has 1 fully saturated rings. The lowest BCUT2D eigenvalue weighted by atomic mass is 10.1. The summed E-state index contributed by atoms with van der Waals surface area (Å²) >= 11 is 0. The molecule has 3 aromatic carbocycles. The number of nitrogens with zero attached hydrogens (tertiary/aromatic N) is 2. The van der Waals surface area contributed by atoms with Crippen LogP contribution in [-0.4, -0.2) is 56.6 Å². The molecule has 4 rings (SSSR count). The number of carboxylic acid groups (broad SMARTS) is 1. The second-order valence-electron chi connectivity index (χ2n) is 8.44. The molecule has 178 valence electrons. The van der Waals surface area contributed by atoms with Crippen molar-refractivity contribution in [3.63, 3.8) is 0 Å². The van der Waals surface area contributed by atoms with Crippen LogP contribution in [0.2, 0.25) is 0 Å². The van der Waals surface area contributed by atoms with E-state index in [9.17, 15) is 18.3 Å². The van der Waals surface area contributed by atoms with Gasteiger partial charge in [-0.3, -0.25) is 9.69 Å². The summed E-state index contributed by atoms with van der Waals surface area (Å²) in [5.41, 5.74) is 3.00. The molecule has 1 saturated heterocycles. The summed E-state index contributed by atoms with van der Waals surface area (Å²) in [4.78, 5) is 16.4. The molecule has 1 aliphatic heterocycles. The number of hydrogen-bond acceptors (Lipinski definition) is 5. The molecule has 2 N–H and O–H groups in total. The van der Waals surface area contributed by atoms with Gasteiger partial charge in [-0.25, -0.2) is 8.42 Å². The predicted octanol–water partition coefficient (Wildman–Crippen LogP) is 2.98. The molecule has 0 spiro atoms. The highest BCUT2D eigenvalue weighted by Gasteiger charge is 2.26. The number of rotatable bonds is 9. The second-order valence-corrected chi connectivity index (χ2v) is 10.2. The van der Waals surface area contributed by atoms with E-state index < -0.39 is 22.0 Å². The lowest BCUT2D eigenvalue weighted by Crippen LogP contribution is -2.46. The van der Waals surface area contributed by atoms with Gasteiger partial charge in [0.05, 0.1) is 4.90 Å². The highest BCUT2D eigenvalue weighted by Crippen LogP contribution is 2.21. The Balaban J connectivity index is 1.36. The number of aliphatic carboxylic acids is 1. The highest BCUT2D eigenvalue weighted by atomic mass is 32.2. The molecule has 0 radical (unpaired) electrons. The summed E-state index contributed by atoms with van der Waals surface area (Å²) in [6.07, 6.45) is 0.0702. The number of carboxylic acids is 1. The van der Waals surface area contributed by atoms with E-state index in [1.807, 2.05) is 12.1 Å². The van der Waals surface area contributed by atoms with Crippen LogP contribution < -0.4 is 9.62 Å². The minimum atomic E-state index is -3.97. The first-order valence-electron chi connectivity index (χ1n) is 11.3. The van der Waals surface area contributed by atoms with Crippen molar-refractivity contribution >= 4 is 21.7 Å². The van der Waals surface area contributed by atoms with Gasteiger partial charge in [0, 0.05) is 38.4 Å². The molecule has 0 unspecified atom stereocenters. The zero-order chi connectivity index (χ0) is 24.0. The maximum Gasteiger partial charge on any atom is 0.322 e. The minimum Gasteiger partial charge on any atom is -0.480 e. The van der Waals surface area contributed by atoms with E-state index in [0.29, 0.717) is 0 Å². The largest absolute Gasteiger partial charge is 0.480 e. The van der Waals surface area contributed by atoms with Gasteiger partial charge in [-0.05, 0) is 41.8 Å². The van der Waals surface area contributed by atoms with Gasteiger partial charge in [0.2, 0.25) is 10.0 Å². The number of sulfonamides is 1. The normalized spacial score (nSPS) is 15.7. The SMILES string of the molecule is O=C(O)[C@H](Cc1ccccc1)NS(=O)(=O)c1ccc(N2CCN(Cc3ccccc3)CC2)cc1. The molecule has 0 aliphatic carbocycles. The average molecular weight is 480 g/mol. The van der Waals surface area contributed by atoms with Crippen LogP contribution in [-0.2, 0) is 27.8 Å². The van der Waals surface area contributed by atoms with Gasteiger partial charge in [-0.1, -0.05) is 60.7 Å². The van der Waals surface area contributed by atoms with E-state index in [1.54, 1.807) is 36.4 Å². The summed E-state index contributed by atoms with van der Waals surface area (Å²) in [6, 6.07) is 24.8. The first kappa shape index (κ1) is 23.9. The van der Waals surface area contributed by atoms with Crippen LogP contribution in [0, 0.1) is 0 Å². The van der Waals surface area contributed by atoms with Crippen LogP contribution in [0.1, 0.15) is 11.1 Å². The van der Waals surface area contributed by atoms with E-state index in [4.69, 9.17) is 0 Å². The summed E-state index contributed by atoms with van der Waals surface area (Å²) in [6.45, 7) is 4.49. The van der Waals surface area contributed by atoms with Crippen LogP contribution in [0.3, 0.4) is 0 Å². The molecule has 0 bridgehead atoms. The Labute approximate surface area is 200 Å². The van der Waals surface area contributed by atoms with Crippen LogP contribution >= 0.6 is 0 Å². The third-order valence-electron chi connectivity index (χ3n) is 6.01. The summed E-state index contributed by atoms with van der Waals surface area (Å²) < 4.78 is 28.0. The average Bonchev–Trinajstić information content (AvgIpc) is 2.85. The van der Waals surface area contributed by atoms with Gasteiger partial charge in [0.25, 0.3) is 0 Å². The summed E-state index contributed by atoms with van der Waals surface area (Å²) in [7, 11) is -3.97. The van der Waals surface area contributed by atoms with Gasteiger partial charge in [-0.15, -0.1) is 0 Å². The van der Waals surface area contributed by atoms with Gasteiger partial charge in [-0.2, -0.15) is 4.72 Å². The Kier molecular flexibility index (Phi) is 7.62. The van der Waals surface area contributed by atoms with Gasteiger partial charge in [0.1, 0.15) is 6.04 Å². The Morgan fingerprint density at radius 3 is 1.94 bits per heavy atom. The lowest BCUT2D eigenvalue weighted by Gasteiger charge is -2.36. The van der Waals surface area contributed by atoms with E-state index in [-0.39, 0.29) is 11.3 Å². The molecule has 1 atom stereocenters. The fourth-order valence-electron chi connectivity index (χ4n) is 4.13. The molecule has 1 aliphatic rings. The first-order chi connectivity index (χ1) is 16.4. The summed E-state index contributed by atoms with van der Waals surface area (Å²) in [5.74, 6) is -1.21. The van der Waals surface area contributed by atoms with Crippen LogP contribution in [0.15, 0.2) is 89.8 Å². The van der Waals surface area contributed by atoms with Crippen molar-refractivity contribution in [3.05, 3.63) is 96.1 Å². The third kappa shape index (κ3) is 6.22. The fourth-order valence-corrected chi connectivity index (χ4v) is 5.32. The number of carbonyl (C=O) groups is 1. The van der Waals surface area contributed by atoms with E-state index >= 15 is 0 Å². The van der Waals surface area contributed by atoms with Gasteiger partial charge in [0.15, 0.2) is 0 Å². The third-order valence-corrected chi connectivity index (χ3v) is 7.50.